The Morgan fingerprint density at radius 2 is 2.04 bits per heavy atom. The van der Waals surface area contributed by atoms with Gasteiger partial charge in [0.15, 0.2) is 0 Å². The Hall–Kier alpha value is -2.73. The fourth-order valence-corrected chi connectivity index (χ4v) is 3.17. The fraction of sp³-hybridized carbons (Fsp3) is 0.167. The standard InChI is InChI=1S/C18H16N2O3S/c1-3-23-18(22)13-9-14(16(21)19-11(13)2)15-10-24-17(20-15)12-7-5-4-6-8-12/h4-10H,3H2,1-2H3,(H,19,21). The Morgan fingerprint density at radius 1 is 1.29 bits per heavy atom. The van der Waals surface area contributed by atoms with Gasteiger partial charge in [-0.3, -0.25) is 4.79 Å². The Kier molecular flexibility index (Phi) is 4.57. The molecule has 5 nitrogen and oxygen atoms in total. The van der Waals surface area contributed by atoms with Crippen LogP contribution in [0.2, 0.25) is 0 Å². The van der Waals surface area contributed by atoms with E-state index in [1.165, 1.54) is 11.3 Å². The van der Waals surface area contributed by atoms with Crippen molar-refractivity contribution < 1.29 is 9.53 Å². The summed E-state index contributed by atoms with van der Waals surface area (Å²) in [5.74, 6) is -0.453. The number of ether oxygens (including phenoxy) is 1. The van der Waals surface area contributed by atoms with Crippen LogP contribution in [-0.2, 0) is 4.74 Å². The van der Waals surface area contributed by atoms with E-state index in [4.69, 9.17) is 4.74 Å². The number of hydrogen-bond donors (Lipinski definition) is 1. The molecule has 3 aromatic rings. The number of nitrogens with zero attached hydrogens (tertiary/aromatic N) is 1. The highest BCUT2D eigenvalue weighted by atomic mass is 32.1. The van der Waals surface area contributed by atoms with Crippen LogP contribution >= 0.6 is 11.3 Å². The highest BCUT2D eigenvalue weighted by Crippen LogP contribution is 2.27. The van der Waals surface area contributed by atoms with E-state index in [-0.39, 0.29) is 12.2 Å². The molecule has 0 unspecified atom stereocenters. The number of pyridine rings is 1. The Morgan fingerprint density at radius 3 is 2.75 bits per heavy atom. The average Bonchev–Trinajstić information content (AvgIpc) is 3.05. The predicted molar refractivity (Wildman–Crippen MR) is 94.3 cm³/mol. The molecule has 0 aliphatic heterocycles. The number of aromatic amines is 1. The minimum atomic E-state index is -0.453. The van der Waals surface area contributed by atoms with E-state index in [1.807, 2.05) is 35.7 Å². The van der Waals surface area contributed by atoms with Gasteiger partial charge >= 0.3 is 5.97 Å². The van der Waals surface area contributed by atoms with Gasteiger partial charge in [-0.05, 0) is 19.9 Å². The van der Waals surface area contributed by atoms with Gasteiger partial charge in [0.05, 0.1) is 23.4 Å². The molecular weight excluding hydrogens is 324 g/mol. The van der Waals surface area contributed by atoms with Gasteiger partial charge in [0, 0.05) is 16.6 Å². The van der Waals surface area contributed by atoms with Gasteiger partial charge < -0.3 is 9.72 Å². The SMILES string of the molecule is CCOC(=O)c1cc(-c2csc(-c3ccccc3)n2)c(=O)[nH]c1C. The lowest BCUT2D eigenvalue weighted by Crippen LogP contribution is -2.16. The first-order valence-electron chi connectivity index (χ1n) is 7.52. The normalized spacial score (nSPS) is 10.6. The van der Waals surface area contributed by atoms with E-state index in [9.17, 15) is 9.59 Å². The van der Waals surface area contributed by atoms with Crippen molar-refractivity contribution in [2.75, 3.05) is 6.61 Å². The van der Waals surface area contributed by atoms with Crippen molar-refractivity contribution in [2.24, 2.45) is 0 Å². The second-order valence-corrected chi connectivity index (χ2v) is 6.03. The van der Waals surface area contributed by atoms with E-state index < -0.39 is 5.97 Å². The van der Waals surface area contributed by atoms with Crippen LogP contribution in [0.15, 0.2) is 46.6 Å². The van der Waals surface area contributed by atoms with Gasteiger partial charge in [-0.25, -0.2) is 9.78 Å². The third kappa shape index (κ3) is 3.14. The number of H-pyrrole nitrogens is 1. The summed E-state index contributed by atoms with van der Waals surface area (Å²) >= 11 is 1.45. The number of esters is 1. The first-order valence-corrected chi connectivity index (χ1v) is 8.40. The number of benzene rings is 1. The van der Waals surface area contributed by atoms with Crippen molar-refractivity contribution in [3.05, 3.63) is 63.4 Å². The molecule has 0 bridgehead atoms. The van der Waals surface area contributed by atoms with Crippen LogP contribution in [0.25, 0.3) is 21.8 Å². The van der Waals surface area contributed by atoms with Gasteiger partial charge in [-0.15, -0.1) is 11.3 Å². The molecule has 2 heterocycles. The van der Waals surface area contributed by atoms with E-state index in [0.29, 0.717) is 22.5 Å². The molecule has 24 heavy (non-hydrogen) atoms. The van der Waals surface area contributed by atoms with E-state index in [0.717, 1.165) is 10.6 Å². The Bertz CT molecular complexity index is 929. The Balaban J connectivity index is 2.04. The van der Waals surface area contributed by atoms with Crippen molar-refractivity contribution in [3.8, 4) is 21.8 Å². The lowest BCUT2D eigenvalue weighted by molar-refractivity contribution is 0.0525. The summed E-state index contributed by atoms with van der Waals surface area (Å²) in [5, 5.41) is 2.64. The second kappa shape index (κ2) is 6.80. The highest BCUT2D eigenvalue weighted by molar-refractivity contribution is 7.13. The van der Waals surface area contributed by atoms with Gasteiger partial charge in [0.25, 0.3) is 5.56 Å². The summed E-state index contributed by atoms with van der Waals surface area (Å²) in [6, 6.07) is 11.3. The van der Waals surface area contributed by atoms with Crippen LogP contribution in [0.1, 0.15) is 23.0 Å². The summed E-state index contributed by atoms with van der Waals surface area (Å²) in [5.41, 5.74) is 2.46. The number of thiazole rings is 1. The highest BCUT2D eigenvalue weighted by Gasteiger charge is 2.16. The molecule has 0 atom stereocenters. The van der Waals surface area contributed by atoms with Crippen molar-refractivity contribution in [3.63, 3.8) is 0 Å². The van der Waals surface area contributed by atoms with Crippen LogP contribution < -0.4 is 5.56 Å². The van der Waals surface area contributed by atoms with E-state index in [2.05, 4.69) is 9.97 Å². The third-order valence-corrected chi connectivity index (χ3v) is 4.43. The summed E-state index contributed by atoms with van der Waals surface area (Å²) < 4.78 is 5.04. The zero-order valence-electron chi connectivity index (χ0n) is 13.3. The topological polar surface area (TPSA) is 72.0 Å². The quantitative estimate of drug-likeness (QED) is 0.736. The van der Waals surface area contributed by atoms with E-state index >= 15 is 0 Å². The maximum atomic E-state index is 12.3. The van der Waals surface area contributed by atoms with Crippen LogP contribution in [0.4, 0.5) is 0 Å². The summed E-state index contributed by atoms with van der Waals surface area (Å²) in [6.07, 6.45) is 0. The molecule has 0 saturated carbocycles. The summed E-state index contributed by atoms with van der Waals surface area (Å²) in [6.45, 7) is 3.70. The maximum absolute atomic E-state index is 12.3. The van der Waals surface area contributed by atoms with Crippen molar-refractivity contribution in [1.82, 2.24) is 9.97 Å². The first-order chi connectivity index (χ1) is 11.6. The van der Waals surface area contributed by atoms with Crippen LogP contribution in [0, 0.1) is 6.92 Å². The van der Waals surface area contributed by atoms with Gasteiger partial charge in [0.2, 0.25) is 0 Å². The van der Waals surface area contributed by atoms with E-state index in [1.54, 1.807) is 19.9 Å². The molecule has 0 saturated heterocycles. The average molecular weight is 340 g/mol. The summed E-state index contributed by atoms with van der Waals surface area (Å²) in [7, 11) is 0. The first kappa shape index (κ1) is 16.1. The van der Waals surface area contributed by atoms with Crippen LogP contribution in [0.3, 0.4) is 0 Å². The molecule has 0 fully saturated rings. The second-order valence-electron chi connectivity index (χ2n) is 5.18. The molecule has 1 N–H and O–H groups in total. The number of aryl methyl sites for hydroxylation is 1. The molecule has 0 spiro atoms. The minimum Gasteiger partial charge on any atom is -0.462 e. The van der Waals surface area contributed by atoms with Gasteiger partial charge in [0.1, 0.15) is 5.01 Å². The maximum Gasteiger partial charge on any atom is 0.339 e. The number of rotatable bonds is 4. The number of carbonyl (C=O) groups is 1. The minimum absolute atomic E-state index is 0.273. The van der Waals surface area contributed by atoms with Crippen LogP contribution in [-0.4, -0.2) is 22.5 Å². The van der Waals surface area contributed by atoms with Crippen molar-refractivity contribution in [2.45, 2.75) is 13.8 Å². The number of carbonyl (C=O) groups excluding carboxylic acids is 1. The Labute approximate surface area is 143 Å². The largest absolute Gasteiger partial charge is 0.462 e. The molecule has 2 aromatic heterocycles. The molecule has 0 amide bonds. The predicted octanol–water partition coefficient (Wildman–Crippen LogP) is 3.65. The molecule has 0 aliphatic carbocycles. The zero-order chi connectivity index (χ0) is 17.1. The fourth-order valence-electron chi connectivity index (χ4n) is 2.34. The molecule has 0 radical (unpaired) electrons. The summed E-state index contributed by atoms with van der Waals surface area (Å²) in [4.78, 5) is 31.5. The van der Waals surface area contributed by atoms with Gasteiger partial charge in [-0.1, -0.05) is 30.3 Å². The van der Waals surface area contributed by atoms with Crippen molar-refractivity contribution >= 4 is 17.3 Å². The molecular formula is C18H16N2O3S. The molecule has 122 valence electrons. The van der Waals surface area contributed by atoms with Crippen molar-refractivity contribution in [1.29, 1.82) is 0 Å². The lowest BCUT2D eigenvalue weighted by Gasteiger charge is -2.06. The third-order valence-electron chi connectivity index (χ3n) is 3.53. The molecule has 3 rings (SSSR count). The number of nitrogens with one attached hydrogen (secondary N) is 1. The molecule has 6 heteroatoms. The monoisotopic (exact) mass is 340 g/mol. The molecule has 0 aliphatic rings. The van der Waals surface area contributed by atoms with Crippen LogP contribution in [0.5, 0.6) is 0 Å². The van der Waals surface area contributed by atoms with Gasteiger partial charge in [-0.2, -0.15) is 0 Å². The lowest BCUT2D eigenvalue weighted by atomic mass is 10.1. The number of aromatic nitrogens is 2. The number of hydrogen-bond acceptors (Lipinski definition) is 5. The molecule has 1 aromatic carbocycles. The smallest absolute Gasteiger partial charge is 0.339 e. The zero-order valence-corrected chi connectivity index (χ0v) is 14.1.